The molecule has 0 aliphatic carbocycles. The SMILES string of the molecule is CC=N[Si]1(N(C)C)C(c2ccccc2)=C(c2ccccc2)C(c2ccccc2)=C1c1ccccc1. The lowest BCUT2D eigenvalue weighted by atomic mass is 9.89. The highest BCUT2D eigenvalue weighted by Crippen LogP contribution is 2.56. The zero-order valence-electron chi connectivity index (χ0n) is 20.5. The molecule has 4 aromatic carbocycles. The smallest absolute Gasteiger partial charge is 0.305 e. The normalized spacial score (nSPS) is 15.4. The Kier molecular flexibility index (Phi) is 6.45. The fourth-order valence-corrected chi connectivity index (χ4v) is 9.67. The zero-order valence-corrected chi connectivity index (χ0v) is 21.5. The van der Waals surface area contributed by atoms with Crippen LogP contribution in [0.2, 0.25) is 0 Å². The summed E-state index contributed by atoms with van der Waals surface area (Å²) >= 11 is 0. The summed E-state index contributed by atoms with van der Waals surface area (Å²) in [5, 5.41) is 2.68. The van der Waals surface area contributed by atoms with Crippen LogP contribution in [0.3, 0.4) is 0 Å². The van der Waals surface area contributed by atoms with Crippen molar-refractivity contribution in [3.63, 3.8) is 0 Å². The van der Waals surface area contributed by atoms with Gasteiger partial charge in [0.25, 0.3) is 0 Å². The number of benzene rings is 4. The van der Waals surface area contributed by atoms with Crippen molar-refractivity contribution >= 4 is 36.2 Å². The molecule has 3 heteroatoms. The monoisotopic (exact) mass is 470 g/mol. The fraction of sp³-hybridized carbons (Fsp3) is 0.0938. The van der Waals surface area contributed by atoms with E-state index in [1.807, 2.05) is 13.1 Å². The second-order valence-corrected chi connectivity index (χ2v) is 12.4. The van der Waals surface area contributed by atoms with E-state index in [9.17, 15) is 0 Å². The Morgan fingerprint density at radius 1 is 0.514 bits per heavy atom. The molecule has 0 aromatic heterocycles. The summed E-state index contributed by atoms with van der Waals surface area (Å²) in [6, 6.07) is 43.4. The van der Waals surface area contributed by atoms with Crippen LogP contribution in [0.5, 0.6) is 0 Å². The number of hydrogen-bond donors (Lipinski definition) is 0. The Hall–Kier alpha value is -3.79. The first kappa shape index (κ1) is 23.0. The predicted octanol–water partition coefficient (Wildman–Crippen LogP) is 7.39. The van der Waals surface area contributed by atoms with E-state index in [0.717, 1.165) is 0 Å². The van der Waals surface area contributed by atoms with E-state index in [-0.39, 0.29) is 0 Å². The van der Waals surface area contributed by atoms with E-state index in [1.54, 1.807) is 0 Å². The lowest BCUT2D eigenvalue weighted by molar-refractivity contribution is 0.637. The highest BCUT2D eigenvalue weighted by molar-refractivity contribution is 7.12. The van der Waals surface area contributed by atoms with Crippen LogP contribution in [0, 0.1) is 0 Å². The van der Waals surface area contributed by atoms with E-state index in [4.69, 9.17) is 4.66 Å². The molecule has 35 heavy (non-hydrogen) atoms. The van der Waals surface area contributed by atoms with Crippen molar-refractivity contribution in [2.75, 3.05) is 14.1 Å². The van der Waals surface area contributed by atoms with Crippen molar-refractivity contribution in [2.45, 2.75) is 6.92 Å². The summed E-state index contributed by atoms with van der Waals surface area (Å²) in [5.74, 6) is 0. The molecule has 1 aliphatic rings. The van der Waals surface area contributed by atoms with Crippen molar-refractivity contribution in [3.8, 4) is 0 Å². The van der Waals surface area contributed by atoms with Crippen molar-refractivity contribution in [1.29, 1.82) is 0 Å². The summed E-state index contributed by atoms with van der Waals surface area (Å²) in [6.07, 6.45) is 2.01. The number of rotatable bonds is 6. The van der Waals surface area contributed by atoms with Gasteiger partial charge >= 0.3 is 8.40 Å². The van der Waals surface area contributed by atoms with Gasteiger partial charge in [-0.05, 0) is 71.0 Å². The molecule has 0 saturated heterocycles. The molecule has 0 saturated carbocycles. The number of nitrogens with zero attached hydrogens (tertiary/aromatic N) is 2. The summed E-state index contributed by atoms with van der Waals surface area (Å²) in [6.45, 7) is 2.05. The topological polar surface area (TPSA) is 15.6 Å². The average molecular weight is 471 g/mol. The van der Waals surface area contributed by atoms with Crippen LogP contribution in [-0.2, 0) is 0 Å². The van der Waals surface area contributed by atoms with Gasteiger partial charge in [-0.2, -0.15) is 0 Å². The van der Waals surface area contributed by atoms with E-state index in [1.165, 1.54) is 43.8 Å². The van der Waals surface area contributed by atoms with E-state index in [2.05, 4.69) is 140 Å². The molecule has 0 amide bonds. The van der Waals surface area contributed by atoms with Gasteiger partial charge in [0.1, 0.15) is 0 Å². The standard InChI is InChI=1S/C32H30N2Si/c1-4-33-35(34(2)3)31(27-21-13-7-14-22-27)29(25-17-9-5-10-18-25)30(26-19-11-6-12-20-26)32(35)28-23-15-8-16-24-28/h4-24H,1-3H3. The zero-order chi connectivity index (χ0) is 24.3. The largest absolute Gasteiger partial charge is 0.321 e. The van der Waals surface area contributed by atoms with Crippen LogP contribution in [0.25, 0.3) is 21.5 Å². The molecule has 0 fully saturated rings. The van der Waals surface area contributed by atoms with Gasteiger partial charge in [-0.3, -0.25) is 0 Å². The van der Waals surface area contributed by atoms with E-state index in [0.29, 0.717) is 0 Å². The van der Waals surface area contributed by atoms with Gasteiger partial charge < -0.3 is 9.22 Å². The van der Waals surface area contributed by atoms with Crippen LogP contribution in [0.4, 0.5) is 0 Å². The second-order valence-electron chi connectivity index (χ2n) is 8.92. The molecule has 0 radical (unpaired) electrons. The maximum Gasteiger partial charge on any atom is 0.321 e. The maximum atomic E-state index is 5.45. The molecule has 0 spiro atoms. The van der Waals surface area contributed by atoms with Crippen LogP contribution in [0.1, 0.15) is 29.2 Å². The first-order valence-corrected chi connectivity index (χ1v) is 14.0. The molecule has 0 bridgehead atoms. The molecule has 172 valence electrons. The van der Waals surface area contributed by atoms with Crippen molar-refractivity contribution < 1.29 is 0 Å². The third-order valence-corrected chi connectivity index (χ3v) is 11.1. The highest BCUT2D eigenvalue weighted by Gasteiger charge is 2.53. The summed E-state index contributed by atoms with van der Waals surface area (Å²) < 4.78 is 7.85. The first-order valence-electron chi connectivity index (χ1n) is 12.1. The molecule has 4 aromatic rings. The van der Waals surface area contributed by atoms with Gasteiger partial charge in [-0.1, -0.05) is 121 Å². The molecular formula is C32H30N2Si. The van der Waals surface area contributed by atoms with Gasteiger partial charge in [0, 0.05) is 0 Å². The number of allylic oxidation sites excluding steroid dienone is 2. The minimum Gasteiger partial charge on any atom is -0.305 e. The molecule has 0 unspecified atom stereocenters. The Morgan fingerprint density at radius 3 is 1.11 bits per heavy atom. The van der Waals surface area contributed by atoms with Gasteiger partial charge in [-0.15, -0.1) is 0 Å². The minimum absolute atomic E-state index is 1.22. The minimum atomic E-state index is -2.78. The lowest BCUT2D eigenvalue weighted by Gasteiger charge is -2.35. The third-order valence-electron chi connectivity index (χ3n) is 6.66. The third kappa shape index (κ3) is 3.93. The van der Waals surface area contributed by atoms with Crippen LogP contribution >= 0.6 is 0 Å². The van der Waals surface area contributed by atoms with Crippen molar-refractivity contribution in [3.05, 3.63) is 144 Å². The van der Waals surface area contributed by atoms with Gasteiger partial charge in [0.05, 0.1) is 0 Å². The van der Waals surface area contributed by atoms with Crippen molar-refractivity contribution in [1.82, 2.24) is 4.57 Å². The Balaban J connectivity index is 2.02. The Morgan fingerprint density at radius 2 is 0.829 bits per heavy atom. The average Bonchev–Trinajstić information content (AvgIpc) is 3.23. The molecular weight excluding hydrogens is 440 g/mol. The molecule has 5 rings (SSSR count). The van der Waals surface area contributed by atoms with Gasteiger partial charge in [-0.25, -0.2) is 0 Å². The molecule has 1 heterocycles. The molecule has 1 aliphatic heterocycles. The Labute approximate surface area is 209 Å². The van der Waals surface area contributed by atoms with Crippen LogP contribution in [-0.4, -0.2) is 33.3 Å². The van der Waals surface area contributed by atoms with Crippen LogP contribution in [0.15, 0.2) is 126 Å². The summed E-state index contributed by atoms with van der Waals surface area (Å²) in [7, 11) is 1.61. The lowest BCUT2D eigenvalue weighted by Crippen LogP contribution is -2.50. The highest BCUT2D eigenvalue weighted by atomic mass is 28.3. The van der Waals surface area contributed by atoms with Crippen LogP contribution < -0.4 is 0 Å². The maximum absolute atomic E-state index is 5.45. The quantitative estimate of drug-likeness (QED) is 0.212. The van der Waals surface area contributed by atoms with E-state index < -0.39 is 8.40 Å². The van der Waals surface area contributed by atoms with Gasteiger partial charge in [0.2, 0.25) is 0 Å². The second kappa shape index (κ2) is 9.83. The molecule has 0 atom stereocenters. The summed E-state index contributed by atoms with van der Waals surface area (Å²) in [5.41, 5.74) is 7.48. The fourth-order valence-electron chi connectivity index (χ4n) is 5.29. The van der Waals surface area contributed by atoms with E-state index >= 15 is 0 Å². The van der Waals surface area contributed by atoms with Crippen molar-refractivity contribution in [2.24, 2.45) is 4.66 Å². The predicted molar refractivity (Wildman–Crippen MR) is 153 cm³/mol. The molecule has 0 N–H and O–H groups in total. The summed E-state index contributed by atoms with van der Waals surface area (Å²) in [4.78, 5) is 0. The number of hydrogen-bond acceptors (Lipinski definition) is 2. The first-order chi connectivity index (χ1) is 17.2. The molecule has 2 nitrogen and oxygen atoms in total. The Bertz CT molecular complexity index is 1290. The van der Waals surface area contributed by atoms with Gasteiger partial charge in [0.15, 0.2) is 0 Å².